The summed E-state index contributed by atoms with van der Waals surface area (Å²) in [5.41, 5.74) is 1.10. The molecule has 0 radical (unpaired) electrons. The van der Waals surface area contributed by atoms with E-state index >= 15 is 0 Å². The molecule has 2 aromatic rings. The van der Waals surface area contributed by atoms with Crippen molar-refractivity contribution in [2.75, 3.05) is 20.2 Å². The van der Waals surface area contributed by atoms with Gasteiger partial charge < -0.3 is 9.47 Å². The molecule has 28 heavy (non-hydrogen) atoms. The van der Waals surface area contributed by atoms with E-state index in [1.807, 2.05) is 6.07 Å². The van der Waals surface area contributed by atoms with Crippen LogP contribution in [0.5, 0.6) is 5.75 Å². The van der Waals surface area contributed by atoms with E-state index in [2.05, 4.69) is 0 Å². The van der Waals surface area contributed by atoms with Gasteiger partial charge in [-0.2, -0.15) is 9.57 Å². The number of esters is 1. The highest BCUT2D eigenvalue weighted by Crippen LogP contribution is 2.30. The van der Waals surface area contributed by atoms with Crippen molar-refractivity contribution in [3.63, 3.8) is 0 Å². The summed E-state index contributed by atoms with van der Waals surface area (Å²) in [5, 5.41) is 9.11. The number of rotatable bonds is 6. The second-order valence-corrected chi connectivity index (χ2v) is 8.23. The molecule has 0 atom stereocenters. The number of hydrogen-bond acceptors (Lipinski definition) is 6. The van der Waals surface area contributed by atoms with Crippen LogP contribution >= 0.6 is 0 Å². The molecule has 1 aliphatic rings. The number of nitriles is 1. The number of methoxy groups -OCH3 is 1. The van der Waals surface area contributed by atoms with Crippen molar-refractivity contribution in [1.82, 2.24) is 4.31 Å². The van der Waals surface area contributed by atoms with Crippen molar-refractivity contribution in [3.8, 4) is 11.8 Å². The van der Waals surface area contributed by atoms with Gasteiger partial charge in [-0.05, 0) is 37.1 Å². The molecular weight excluding hydrogens is 380 g/mol. The molecule has 0 N–H and O–H groups in total. The van der Waals surface area contributed by atoms with Crippen LogP contribution in [0, 0.1) is 11.3 Å². The second-order valence-electron chi connectivity index (χ2n) is 6.32. The first-order chi connectivity index (χ1) is 13.5. The van der Waals surface area contributed by atoms with Crippen LogP contribution in [0.1, 0.15) is 34.3 Å². The molecule has 8 heteroatoms. The second kappa shape index (κ2) is 8.42. The lowest BCUT2D eigenvalue weighted by molar-refractivity contribution is 0.0472. The number of nitrogens with zero attached hydrogens (tertiary/aromatic N) is 2. The molecule has 2 aromatic carbocycles. The van der Waals surface area contributed by atoms with Gasteiger partial charge >= 0.3 is 5.97 Å². The first kappa shape index (κ1) is 19.9. The summed E-state index contributed by atoms with van der Waals surface area (Å²) in [6, 6.07) is 13.0. The van der Waals surface area contributed by atoms with Crippen LogP contribution in [0.2, 0.25) is 0 Å². The summed E-state index contributed by atoms with van der Waals surface area (Å²) in [5.74, 6) is -0.494. The van der Waals surface area contributed by atoms with Crippen molar-refractivity contribution in [2.45, 2.75) is 24.3 Å². The summed E-state index contributed by atoms with van der Waals surface area (Å²) >= 11 is 0. The molecular formula is C20H20N2O5S. The number of sulfonamides is 1. The lowest BCUT2D eigenvalue weighted by Crippen LogP contribution is -2.28. The third kappa shape index (κ3) is 4.01. The number of ether oxygens (including phenoxy) is 2. The first-order valence-electron chi connectivity index (χ1n) is 8.80. The fourth-order valence-electron chi connectivity index (χ4n) is 3.05. The maximum atomic E-state index is 12.9. The Morgan fingerprint density at radius 3 is 2.57 bits per heavy atom. The predicted molar refractivity (Wildman–Crippen MR) is 101 cm³/mol. The van der Waals surface area contributed by atoms with Gasteiger partial charge in [-0.15, -0.1) is 0 Å². The summed E-state index contributed by atoms with van der Waals surface area (Å²) in [6.45, 7) is 0.818. The molecule has 0 saturated carbocycles. The number of benzene rings is 2. The SMILES string of the molecule is COc1ccc(C(=O)OCc2ccccc2C#N)cc1S(=O)(=O)N1CCCC1. The van der Waals surface area contributed by atoms with E-state index in [0.29, 0.717) is 24.2 Å². The Kier molecular flexibility index (Phi) is 5.97. The lowest BCUT2D eigenvalue weighted by atomic mass is 10.1. The van der Waals surface area contributed by atoms with Crippen LogP contribution in [-0.4, -0.2) is 38.9 Å². The Balaban J connectivity index is 1.84. The third-order valence-electron chi connectivity index (χ3n) is 4.58. The van der Waals surface area contributed by atoms with Crippen molar-refractivity contribution in [3.05, 3.63) is 59.2 Å². The number of hydrogen-bond donors (Lipinski definition) is 0. The molecule has 0 amide bonds. The van der Waals surface area contributed by atoms with Crippen LogP contribution in [-0.2, 0) is 21.4 Å². The maximum absolute atomic E-state index is 12.9. The standard InChI is InChI=1S/C20H20N2O5S/c1-26-18-9-8-15(12-19(18)28(24,25)22-10-4-5-11-22)20(23)27-14-17-7-3-2-6-16(17)13-21/h2-3,6-9,12H,4-5,10-11,14H2,1H3. The summed E-state index contributed by atoms with van der Waals surface area (Å²) in [7, 11) is -2.37. The van der Waals surface area contributed by atoms with Gasteiger partial charge in [0.25, 0.3) is 0 Å². The zero-order chi connectivity index (χ0) is 20.1. The molecule has 7 nitrogen and oxygen atoms in total. The molecule has 0 aromatic heterocycles. The van der Waals surface area contributed by atoms with Gasteiger partial charge in [0.1, 0.15) is 17.3 Å². The zero-order valence-electron chi connectivity index (χ0n) is 15.4. The van der Waals surface area contributed by atoms with E-state index in [9.17, 15) is 13.2 Å². The highest BCUT2D eigenvalue weighted by molar-refractivity contribution is 7.89. The van der Waals surface area contributed by atoms with Crippen molar-refractivity contribution in [2.24, 2.45) is 0 Å². The van der Waals surface area contributed by atoms with Crippen molar-refractivity contribution >= 4 is 16.0 Å². The molecule has 1 aliphatic heterocycles. The summed E-state index contributed by atoms with van der Waals surface area (Å²) in [4.78, 5) is 12.4. The van der Waals surface area contributed by atoms with E-state index in [-0.39, 0.29) is 22.8 Å². The average molecular weight is 400 g/mol. The molecule has 0 bridgehead atoms. The van der Waals surface area contributed by atoms with Gasteiger partial charge in [-0.1, -0.05) is 18.2 Å². The van der Waals surface area contributed by atoms with E-state index in [4.69, 9.17) is 14.7 Å². The van der Waals surface area contributed by atoms with Crippen LogP contribution in [0.25, 0.3) is 0 Å². The van der Waals surface area contributed by atoms with E-state index in [1.165, 1.54) is 29.6 Å². The molecule has 0 unspecified atom stereocenters. The monoisotopic (exact) mass is 400 g/mol. The average Bonchev–Trinajstić information content (AvgIpc) is 3.27. The molecule has 1 heterocycles. The molecule has 1 fully saturated rings. The van der Waals surface area contributed by atoms with Gasteiger partial charge in [0, 0.05) is 18.7 Å². The lowest BCUT2D eigenvalue weighted by Gasteiger charge is -2.18. The molecule has 1 saturated heterocycles. The van der Waals surface area contributed by atoms with Crippen LogP contribution in [0.15, 0.2) is 47.4 Å². The zero-order valence-corrected chi connectivity index (χ0v) is 16.2. The smallest absolute Gasteiger partial charge is 0.338 e. The molecule has 0 spiro atoms. The molecule has 0 aliphatic carbocycles. The fourth-order valence-corrected chi connectivity index (χ4v) is 4.75. The van der Waals surface area contributed by atoms with Crippen LogP contribution in [0.3, 0.4) is 0 Å². The van der Waals surface area contributed by atoms with Gasteiger partial charge in [-0.3, -0.25) is 0 Å². The van der Waals surface area contributed by atoms with Gasteiger partial charge in [0.2, 0.25) is 10.0 Å². The highest BCUT2D eigenvalue weighted by atomic mass is 32.2. The van der Waals surface area contributed by atoms with E-state index in [1.54, 1.807) is 24.3 Å². The van der Waals surface area contributed by atoms with Gasteiger partial charge in [0.05, 0.1) is 24.3 Å². The fraction of sp³-hybridized carbons (Fsp3) is 0.300. The topological polar surface area (TPSA) is 96.7 Å². The number of carbonyl (C=O) groups is 1. The molecule has 3 rings (SSSR count). The predicted octanol–water partition coefficient (Wildman–Crippen LogP) is 2.71. The van der Waals surface area contributed by atoms with Crippen molar-refractivity contribution < 1.29 is 22.7 Å². The Bertz CT molecular complexity index is 1020. The normalized spacial score (nSPS) is 14.4. The van der Waals surface area contributed by atoms with E-state index < -0.39 is 16.0 Å². The first-order valence-corrected chi connectivity index (χ1v) is 10.2. The largest absolute Gasteiger partial charge is 0.495 e. The Morgan fingerprint density at radius 1 is 1.18 bits per heavy atom. The van der Waals surface area contributed by atoms with Gasteiger partial charge in [0.15, 0.2) is 0 Å². The minimum absolute atomic E-state index is 0.0521. The highest BCUT2D eigenvalue weighted by Gasteiger charge is 2.30. The summed E-state index contributed by atoms with van der Waals surface area (Å²) < 4.78 is 37.7. The number of carbonyl (C=O) groups excluding carboxylic acids is 1. The minimum Gasteiger partial charge on any atom is -0.495 e. The van der Waals surface area contributed by atoms with Gasteiger partial charge in [-0.25, -0.2) is 13.2 Å². The van der Waals surface area contributed by atoms with Crippen LogP contribution < -0.4 is 4.74 Å². The minimum atomic E-state index is -3.76. The Hall–Kier alpha value is -2.89. The molecule has 146 valence electrons. The Morgan fingerprint density at radius 2 is 1.89 bits per heavy atom. The van der Waals surface area contributed by atoms with E-state index in [0.717, 1.165) is 12.8 Å². The van der Waals surface area contributed by atoms with Crippen LogP contribution in [0.4, 0.5) is 0 Å². The summed E-state index contributed by atoms with van der Waals surface area (Å²) in [6.07, 6.45) is 1.61. The quantitative estimate of drug-likeness (QED) is 0.692. The maximum Gasteiger partial charge on any atom is 0.338 e. The Labute approximate surface area is 164 Å². The third-order valence-corrected chi connectivity index (χ3v) is 6.50. The van der Waals surface area contributed by atoms with Crippen molar-refractivity contribution in [1.29, 1.82) is 5.26 Å².